The van der Waals surface area contributed by atoms with Gasteiger partial charge in [-0.2, -0.15) is 0 Å². The number of benzene rings is 1. The zero-order chi connectivity index (χ0) is 18.6. The normalized spacial score (nSPS) is 10.3. The van der Waals surface area contributed by atoms with Crippen molar-refractivity contribution in [2.24, 2.45) is 14.1 Å². The molecule has 1 amide bonds. The summed E-state index contributed by atoms with van der Waals surface area (Å²) in [6.07, 6.45) is 0. The SMILES string of the molecule is Cn1c(NCCNC(=O)c2ccc([N+](=O)[O-])cc2)cc(=O)n(C)c1=O. The topological polar surface area (TPSA) is 128 Å². The Kier molecular flexibility index (Phi) is 5.32. The lowest BCUT2D eigenvalue weighted by Crippen LogP contribution is -2.38. The van der Waals surface area contributed by atoms with Crippen LogP contribution in [0.1, 0.15) is 10.4 Å². The number of amides is 1. The molecular weight excluding hydrogens is 330 g/mol. The minimum atomic E-state index is -0.542. The number of nitrogens with zero attached hydrogens (tertiary/aromatic N) is 3. The molecule has 25 heavy (non-hydrogen) atoms. The second-order valence-electron chi connectivity index (χ2n) is 5.26. The molecule has 0 spiro atoms. The van der Waals surface area contributed by atoms with Gasteiger partial charge in [-0.05, 0) is 12.1 Å². The summed E-state index contributed by atoms with van der Waals surface area (Å²) in [5.41, 5.74) is -0.679. The molecule has 10 nitrogen and oxygen atoms in total. The van der Waals surface area contributed by atoms with Gasteiger partial charge < -0.3 is 10.6 Å². The van der Waals surface area contributed by atoms with Crippen molar-refractivity contribution in [1.29, 1.82) is 0 Å². The summed E-state index contributed by atoms with van der Waals surface area (Å²) in [6.45, 7) is 0.526. The largest absolute Gasteiger partial charge is 0.369 e. The molecule has 0 aliphatic heterocycles. The maximum absolute atomic E-state index is 11.9. The Balaban J connectivity index is 1.91. The molecule has 0 aliphatic rings. The Morgan fingerprint density at radius 1 is 1.12 bits per heavy atom. The summed E-state index contributed by atoms with van der Waals surface area (Å²) < 4.78 is 2.28. The van der Waals surface area contributed by atoms with Crippen molar-refractivity contribution in [1.82, 2.24) is 14.5 Å². The molecule has 132 valence electrons. The fraction of sp³-hybridized carbons (Fsp3) is 0.267. The van der Waals surface area contributed by atoms with Crippen LogP contribution < -0.4 is 21.9 Å². The van der Waals surface area contributed by atoms with Gasteiger partial charge in [-0.1, -0.05) is 0 Å². The van der Waals surface area contributed by atoms with Crippen LogP contribution in [0.3, 0.4) is 0 Å². The first-order valence-corrected chi connectivity index (χ1v) is 7.35. The van der Waals surface area contributed by atoms with Crippen LogP contribution in [-0.2, 0) is 14.1 Å². The first-order chi connectivity index (χ1) is 11.8. The molecule has 0 fully saturated rings. The Bertz CT molecular complexity index is 913. The first kappa shape index (κ1) is 17.9. The van der Waals surface area contributed by atoms with Gasteiger partial charge in [-0.3, -0.25) is 28.8 Å². The fourth-order valence-electron chi connectivity index (χ4n) is 2.11. The van der Waals surface area contributed by atoms with Crippen molar-refractivity contribution in [3.8, 4) is 0 Å². The summed E-state index contributed by atoms with van der Waals surface area (Å²) in [7, 11) is 2.92. The van der Waals surface area contributed by atoms with Gasteiger partial charge in [0.05, 0.1) is 4.92 Å². The van der Waals surface area contributed by atoms with Crippen LogP contribution in [0.4, 0.5) is 11.5 Å². The summed E-state index contributed by atoms with van der Waals surface area (Å²) in [5, 5.41) is 16.1. The van der Waals surface area contributed by atoms with Crippen molar-refractivity contribution in [2.45, 2.75) is 0 Å². The Morgan fingerprint density at radius 3 is 2.36 bits per heavy atom. The van der Waals surface area contributed by atoms with Crippen molar-refractivity contribution >= 4 is 17.4 Å². The fourth-order valence-corrected chi connectivity index (χ4v) is 2.11. The molecule has 2 aromatic rings. The third kappa shape index (κ3) is 4.10. The summed E-state index contributed by atoms with van der Waals surface area (Å²) in [5.74, 6) is -0.0350. The number of nitrogens with one attached hydrogen (secondary N) is 2. The summed E-state index contributed by atoms with van der Waals surface area (Å²) >= 11 is 0. The number of rotatable bonds is 6. The molecule has 1 heterocycles. The van der Waals surface area contributed by atoms with E-state index < -0.39 is 16.2 Å². The lowest BCUT2D eigenvalue weighted by Gasteiger charge is -2.12. The smallest absolute Gasteiger partial charge is 0.332 e. The van der Waals surface area contributed by atoms with E-state index in [1.54, 1.807) is 0 Å². The molecule has 0 atom stereocenters. The van der Waals surface area contributed by atoms with Crippen LogP contribution >= 0.6 is 0 Å². The molecule has 1 aromatic heterocycles. The molecule has 0 saturated heterocycles. The summed E-state index contributed by atoms with van der Waals surface area (Å²) in [6, 6.07) is 6.53. The molecule has 2 rings (SSSR count). The van der Waals surface area contributed by atoms with E-state index in [2.05, 4.69) is 10.6 Å². The second kappa shape index (κ2) is 7.43. The Labute approximate surface area is 141 Å². The van der Waals surface area contributed by atoms with Gasteiger partial charge in [0.15, 0.2) is 0 Å². The van der Waals surface area contributed by atoms with Crippen molar-refractivity contribution in [2.75, 3.05) is 18.4 Å². The number of non-ortho nitro benzene ring substituents is 1. The minimum absolute atomic E-state index is 0.0928. The van der Waals surface area contributed by atoms with Crippen molar-refractivity contribution in [3.05, 3.63) is 66.8 Å². The van der Waals surface area contributed by atoms with E-state index in [9.17, 15) is 24.5 Å². The standard InChI is InChI=1S/C15H17N5O5/c1-18-12(9-13(21)19(2)15(18)23)16-7-8-17-14(22)10-3-5-11(6-4-10)20(24)25/h3-6,9,16H,7-8H2,1-2H3,(H,17,22). The highest BCUT2D eigenvalue weighted by atomic mass is 16.6. The molecular formula is C15H17N5O5. The Hall–Kier alpha value is -3.43. The van der Waals surface area contributed by atoms with E-state index in [0.29, 0.717) is 17.9 Å². The molecule has 10 heteroatoms. The van der Waals surface area contributed by atoms with Crippen LogP contribution in [0, 0.1) is 10.1 Å². The average Bonchev–Trinajstić information content (AvgIpc) is 2.60. The quantitative estimate of drug-likeness (QED) is 0.424. The van der Waals surface area contributed by atoms with E-state index >= 15 is 0 Å². The van der Waals surface area contributed by atoms with E-state index in [1.165, 1.54) is 49.0 Å². The number of nitro groups is 1. The maximum atomic E-state index is 11.9. The van der Waals surface area contributed by atoms with Crippen LogP contribution in [0.25, 0.3) is 0 Å². The monoisotopic (exact) mass is 347 g/mol. The van der Waals surface area contributed by atoms with Gasteiger partial charge in [0, 0.05) is 50.9 Å². The number of anilines is 1. The number of carbonyl (C=O) groups is 1. The molecule has 2 N–H and O–H groups in total. The predicted molar refractivity (Wildman–Crippen MR) is 90.8 cm³/mol. The third-order valence-corrected chi connectivity index (χ3v) is 3.58. The van der Waals surface area contributed by atoms with Crippen molar-refractivity contribution in [3.63, 3.8) is 0 Å². The molecule has 0 radical (unpaired) electrons. The third-order valence-electron chi connectivity index (χ3n) is 3.58. The predicted octanol–water partition coefficient (Wildman–Crippen LogP) is -0.166. The van der Waals surface area contributed by atoms with Gasteiger partial charge in [-0.25, -0.2) is 4.79 Å². The highest BCUT2D eigenvalue weighted by molar-refractivity contribution is 5.94. The molecule has 0 saturated carbocycles. The van der Waals surface area contributed by atoms with E-state index in [0.717, 1.165) is 4.57 Å². The molecule has 0 bridgehead atoms. The molecule has 0 aliphatic carbocycles. The Morgan fingerprint density at radius 2 is 1.76 bits per heavy atom. The highest BCUT2D eigenvalue weighted by Gasteiger charge is 2.09. The van der Waals surface area contributed by atoms with E-state index in [-0.39, 0.29) is 18.1 Å². The van der Waals surface area contributed by atoms with Crippen LogP contribution in [0.5, 0.6) is 0 Å². The second-order valence-corrected chi connectivity index (χ2v) is 5.26. The minimum Gasteiger partial charge on any atom is -0.369 e. The van der Waals surface area contributed by atoms with Gasteiger partial charge in [0.1, 0.15) is 5.82 Å². The number of hydrogen-bond donors (Lipinski definition) is 2. The van der Waals surface area contributed by atoms with Gasteiger partial charge in [0.2, 0.25) is 0 Å². The van der Waals surface area contributed by atoms with E-state index in [1.807, 2.05) is 0 Å². The van der Waals surface area contributed by atoms with Gasteiger partial charge in [-0.15, -0.1) is 0 Å². The first-order valence-electron chi connectivity index (χ1n) is 7.35. The highest BCUT2D eigenvalue weighted by Crippen LogP contribution is 2.11. The number of aromatic nitrogens is 2. The lowest BCUT2D eigenvalue weighted by molar-refractivity contribution is -0.384. The van der Waals surface area contributed by atoms with Crippen LogP contribution in [0.2, 0.25) is 0 Å². The lowest BCUT2D eigenvalue weighted by atomic mass is 10.2. The van der Waals surface area contributed by atoms with Gasteiger partial charge in [0.25, 0.3) is 17.2 Å². The maximum Gasteiger partial charge on any atom is 0.332 e. The zero-order valence-electron chi connectivity index (χ0n) is 13.7. The van der Waals surface area contributed by atoms with Crippen LogP contribution in [0.15, 0.2) is 39.9 Å². The average molecular weight is 347 g/mol. The number of carbonyl (C=O) groups excluding carboxylic acids is 1. The van der Waals surface area contributed by atoms with Crippen LogP contribution in [-0.4, -0.2) is 33.1 Å². The number of hydrogen-bond acceptors (Lipinski definition) is 6. The van der Waals surface area contributed by atoms with Crippen molar-refractivity contribution < 1.29 is 9.72 Å². The number of nitro benzene ring substituents is 1. The summed E-state index contributed by atoms with van der Waals surface area (Å²) in [4.78, 5) is 45.4. The van der Waals surface area contributed by atoms with E-state index in [4.69, 9.17) is 0 Å². The molecule has 1 aromatic carbocycles. The zero-order valence-corrected chi connectivity index (χ0v) is 13.7. The molecule has 0 unspecified atom stereocenters. The van der Waals surface area contributed by atoms with Gasteiger partial charge >= 0.3 is 5.69 Å².